The molecule has 1 heteroatoms. The van der Waals surface area contributed by atoms with Crippen molar-refractivity contribution in [3.05, 3.63) is 22.6 Å². The van der Waals surface area contributed by atoms with Gasteiger partial charge in [0.15, 0.2) is 0 Å². The summed E-state index contributed by atoms with van der Waals surface area (Å²) in [5.41, 5.74) is 1.60. The summed E-state index contributed by atoms with van der Waals surface area (Å²) in [6, 6.07) is 0. The van der Waals surface area contributed by atoms with E-state index >= 15 is 0 Å². The van der Waals surface area contributed by atoms with Crippen molar-refractivity contribution in [1.29, 1.82) is 0 Å². The molecule has 62 valence electrons. The molecule has 1 aliphatic carbocycles. The second-order valence-corrected chi connectivity index (χ2v) is 3.88. The molecule has 0 N–H and O–H groups in total. The minimum Gasteiger partial charge on any atom is -0.134 e. The maximum absolute atomic E-state index is 2.31. The van der Waals surface area contributed by atoms with Crippen LogP contribution in [0.25, 0.3) is 0 Å². The van der Waals surface area contributed by atoms with Gasteiger partial charge in [-0.3, -0.25) is 0 Å². The number of thioether (sulfide) groups is 1. The third-order valence-electron chi connectivity index (χ3n) is 2.11. The second kappa shape index (κ2) is 4.66. The Kier molecular flexibility index (Phi) is 3.78. The third-order valence-corrected chi connectivity index (χ3v) is 3.12. The van der Waals surface area contributed by atoms with E-state index in [2.05, 4.69) is 25.3 Å². The monoisotopic (exact) mass is 168 g/mol. The van der Waals surface area contributed by atoms with Gasteiger partial charge >= 0.3 is 0 Å². The van der Waals surface area contributed by atoms with Crippen LogP contribution in [-0.4, -0.2) is 6.26 Å². The maximum Gasteiger partial charge on any atom is -0.00380 e. The molecule has 0 atom stereocenters. The van der Waals surface area contributed by atoms with E-state index in [1.54, 1.807) is 10.5 Å². The first-order valence-corrected chi connectivity index (χ1v) is 5.44. The first kappa shape index (κ1) is 8.92. The molecule has 0 fully saturated rings. The van der Waals surface area contributed by atoms with Crippen LogP contribution in [0.15, 0.2) is 22.6 Å². The van der Waals surface area contributed by atoms with Gasteiger partial charge in [0.25, 0.3) is 0 Å². The maximum atomic E-state index is 2.31. The Morgan fingerprint density at radius 1 is 1.36 bits per heavy atom. The molecule has 11 heavy (non-hydrogen) atoms. The average molecular weight is 168 g/mol. The zero-order valence-electron chi connectivity index (χ0n) is 7.39. The zero-order chi connectivity index (χ0) is 8.10. The fourth-order valence-electron chi connectivity index (χ4n) is 1.36. The predicted molar refractivity (Wildman–Crippen MR) is 53.8 cm³/mol. The summed E-state index contributed by atoms with van der Waals surface area (Å²) in [7, 11) is 0. The van der Waals surface area contributed by atoms with E-state index in [0.717, 1.165) is 6.42 Å². The van der Waals surface area contributed by atoms with Crippen LogP contribution < -0.4 is 0 Å². The Morgan fingerprint density at radius 3 is 2.91 bits per heavy atom. The molecule has 0 heterocycles. The first-order chi connectivity index (χ1) is 5.34. The van der Waals surface area contributed by atoms with Crippen molar-refractivity contribution in [2.45, 2.75) is 32.6 Å². The lowest BCUT2D eigenvalue weighted by Gasteiger charge is -2.09. The van der Waals surface area contributed by atoms with Gasteiger partial charge in [0.2, 0.25) is 0 Å². The molecular weight excluding hydrogens is 152 g/mol. The Morgan fingerprint density at radius 2 is 2.18 bits per heavy atom. The summed E-state index contributed by atoms with van der Waals surface area (Å²) >= 11 is 1.90. The molecule has 0 radical (unpaired) electrons. The summed E-state index contributed by atoms with van der Waals surface area (Å²) in [5, 5.41) is 0. The molecule has 0 nitrogen and oxygen atoms in total. The Balaban J connectivity index is 2.65. The Hall–Kier alpha value is -0.170. The van der Waals surface area contributed by atoms with E-state index in [-0.39, 0.29) is 0 Å². The topological polar surface area (TPSA) is 0 Å². The SMILES string of the molecule is CS/C1=C(\C)CCC/C=C\C1. The lowest BCUT2D eigenvalue weighted by atomic mass is 10.1. The second-order valence-electron chi connectivity index (χ2n) is 2.98. The van der Waals surface area contributed by atoms with Crippen molar-refractivity contribution in [2.75, 3.05) is 6.26 Å². The van der Waals surface area contributed by atoms with E-state index < -0.39 is 0 Å². The molecule has 0 spiro atoms. The first-order valence-electron chi connectivity index (χ1n) is 4.22. The molecule has 0 aromatic heterocycles. The fourth-order valence-corrected chi connectivity index (χ4v) is 2.08. The lowest BCUT2D eigenvalue weighted by molar-refractivity contribution is 0.817. The minimum absolute atomic E-state index is 1.16. The van der Waals surface area contributed by atoms with Crippen LogP contribution in [0, 0.1) is 0 Å². The Bertz CT molecular complexity index is 177. The summed E-state index contributed by atoms with van der Waals surface area (Å²) in [5.74, 6) is 0. The van der Waals surface area contributed by atoms with Crippen molar-refractivity contribution >= 4 is 11.8 Å². The largest absolute Gasteiger partial charge is 0.134 e. The average Bonchev–Trinajstić information content (AvgIpc) is 1.98. The molecule has 0 amide bonds. The quantitative estimate of drug-likeness (QED) is 0.537. The van der Waals surface area contributed by atoms with Gasteiger partial charge in [-0.1, -0.05) is 17.7 Å². The predicted octanol–water partition coefficient (Wildman–Crippen LogP) is 3.75. The van der Waals surface area contributed by atoms with Crippen molar-refractivity contribution in [3.63, 3.8) is 0 Å². The molecule has 1 rings (SSSR count). The molecule has 1 aliphatic rings. The van der Waals surface area contributed by atoms with Crippen molar-refractivity contribution in [2.24, 2.45) is 0 Å². The lowest BCUT2D eigenvalue weighted by Crippen LogP contribution is -1.87. The summed E-state index contributed by atoms with van der Waals surface area (Å²) in [4.78, 5) is 1.57. The van der Waals surface area contributed by atoms with Gasteiger partial charge in [0.1, 0.15) is 0 Å². The van der Waals surface area contributed by atoms with Crippen molar-refractivity contribution in [1.82, 2.24) is 0 Å². The highest BCUT2D eigenvalue weighted by Crippen LogP contribution is 2.26. The molecular formula is C10H16S. The highest BCUT2D eigenvalue weighted by atomic mass is 32.2. The van der Waals surface area contributed by atoms with E-state index in [0.29, 0.717) is 0 Å². The molecule has 0 aromatic rings. The summed E-state index contributed by atoms with van der Waals surface area (Å²) in [6.07, 6.45) is 11.8. The van der Waals surface area contributed by atoms with Gasteiger partial charge in [-0.25, -0.2) is 0 Å². The van der Waals surface area contributed by atoms with Crippen molar-refractivity contribution < 1.29 is 0 Å². The Labute approximate surface area is 73.8 Å². The molecule has 0 unspecified atom stereocenters. The molecule has 0 bridgehead atoms. The number of allylic oxidation sites excluding steroid dienone is 4. The molecule has 0 saturated carbocycles. The molecule has 0 saturated heterocycles. The van der Waals surface area contributed by atoms with Gasteiger partial charge in [0, 0.05) is 0 Å². The van der Waals surface area contributed by atoms with E-state index in [1.807, 2.05) is 11.8 Å². The number of rotatable bonds is 1. The van der Waals surface area contributed by atoms with Crippen molar-refractivity contribution in [3.8, 4) is 0 Å². The zero-order valence-corrected chi connectivity index (χ0v) is 8.21. The third kappa shape index (κ3) is 2.74. The van der Waals surface area contributed by atoms with Gasteiger partial charge in [-0.05, 0) is 43.8 Å². The van der Waals surface area contributed by atoms with E-state index in [9.17, 15) is 0 Å². The van der Waals surface area contributed by atoms with Gasteiger partial charge in [0.05, 0.1) is 0 Å². The summed E-state index contributed by atoms with van der Waals surface area (Å²) < 4.78 is 0. The van der Waals surface area contributed by atoms with Gasteiger partial charge in [-0.2, -0.15) is 0 Å². The normalized spacial score (nSPS) is 29.3. The number of hydrogen-bond acceptors (Lipinski definition) is 1. The number of hydrogen-bond donors (Lipinski definition) is 0. The standard InChI is InChI=1S/C10H16S/c1-9-7-5-3-4-6-8-10(9)11-2/h4,6H,3,5,7-8H2,1-2H3/b6-4-,10-9+. The van der Waals surface area contributed by atoms with Crippen LogP contribution in [0.2, 0.25) is 0 Å². The van der Waals surface area contributed by atoms with Crippen LogP contribution in [0.1, 0.15) is 32.6 Å². The smallest absolute Gasteiger partial charge is 0.00380 e. The van der Waals surface area contributed by atoms with Crippen LogP contribution in [0.3, 0.4) is 0 Å². The van der Waals surface area contributed by atoms with Crippen LogP contribution in [0.4, 0.5) is 0 Å². The van der Waals surface area contributed by atoms with Crippen LogP contribution in [-0.2, 0) is 0 Å². The van der Waals surface area contributed by atoms with Gasteiger partial charge in [-0.15, -0.1) is 11.8 Å². The highest BCUT2D eigenvalue weighted by molar-refractivity contribution is 8.02. The van der Waals surface area contributed by atoms with E-state index in [1.165, 1.54) is 19.3 Å². The van der Waals surface area contributed by atoms with Crippen LogP contribution in [0.5, 0.6) is 0 Å². The molecule has 0 aromatic carbocycles. The van der Waals surface area contributed by atoms with E-state index in [4.69, 9.17) is 0 Å². The highest BCUT2D eigenvalue weighted by Gasteiger charge is 2.01. The minimum atomic E-state index is 1.16. The fraction of sp³-hybridized carbons (Fsp3) is 0.600. The van der Waals surface area contributed by atoms with Crippen LogP contribution >= 0.6 is 11.8 Å². The summed E-state index contributed by atoms with van der Waals surface area (Å²) in [6.45, 7) is 2.27. The van der Waals surface area contributed by atoms with Gasteiger partial charge < -0.3 is 0 Å². The molecule has 0 aliphatic heterocycles.